The molecule has 0 aliphatic heterocycles. The van der Waals surface area contributed by atoms with E-state index in [4.69, 9.17) is 0 Å². The van der Waals surface area contributed by atoms with Crippen molar-refractivity contribution < 1.29 is 0 Å². The van der Waals surface area contributed by atoms with Crippen molar-refractivity contribution in [2.24, 2.45) is 0 Å². The number of rotatable bonds is 6. The van der Waals surface area contributed by atoms with Gasteiger partial charge >= 0.3 is 0 Å². The van der Waals surface area contributed by atoms with E-state index in [2.05, 4.69) is 71.7 Å². The fourth-order valence-electron chi connectivity index (χ4n) is 2.72. The molecule has 3 rings (SSSR count). The monoisotopic (exact) mass is 306 g/mol. The Morgan fingerprint density at radius 3 is 2.61 bits per heavy atom. The van der Waals surface area contributed by atoms with Crippen molar-refractivity contribution >= 4 is 0 Å². The lowest BCUT2D eigenvalue weighted by atomic mass is 10.0. The first kappa shape index (κ1) is 15.4. The van der Waals surface area contributed by atoms with Crippen molar-refractivity contribution in [3.05, 3.63) is 83.4 Å². The summed E-state index contributed by atoms with van der Waals surface area (Å²) in [6.45, 7) is 5.93. The lowest BCUT2D eigenvalue weighted by Crippen LogP contribution is -2.26. The first-order valence-corrected chi connectivity index (χ1v) is 7.90. The molecule has 1 aromatic heterocycles. The molecule has 0 spiro atoms. The average Bonchev–Trinajstić information content (AvgIpc) is 3.09. The van der Waals surface area contributed by atoms with Crippen molar-refractivity contribution in [2.45, 2.75) is 33.0 Å². The van der Waals surface area contributed by atoms with E-state index in [1.54, 1.807) is 12.7 Å². The number of hydrogen-bond acceptors (Lipinski definition) is 3. The normalized spacial score (nSPS) is 12.3. The third kappa shape index (κ3) is 3.85. The summed E-state index contributed by atoms with van der Waals surface area (Å²) in [6, 6.07) is 17.1. The molecule has 0 unspecified atom stereocenters. The van der Waals surface area contributed by atoms with Crippen LogP contribution < -0.4 is 5.32 Å². The molecule has 1 N–H and O–H groups in total. The second kappa shape index (κ2) is 7.20. The average molecular weight is 306 g/mol. The van der Waals surface area contributed by atoms with E-state index >= 15 is 0 Å². The molecule has 1 heterocycles. The highest BCUT2D eigenvalue weighted by Crippen LogP contribution is 2.17. The fraction of sp³-hybridized carbons (Fsp3) is 0.263. The first-order chi connectivity index (χ1) is 11.2. The van der Waals surface area contributed by atoms with Crippen LogP contribution in [0.4, 0.5) is 0 Å². The van der Waals surface area contributed by atoms with Crippen molar-refractivity contribution in [2.75, 3.05) is 0 Å². The molecule has 3 aromatic rings. The molecule has 0 saturated carbocycles. The van der Waals surface area contributed by atoms with E-state index in [0.29, 0.717) is 0 Å². The second-order valence-electron chi connectivity index (χ2n) is 5.82. The van der Waals surface area contributed by atoms with Gasteiger partial charge in [-0.05, 0) is 36.1 Å². The SMILES string of the molecule is Cc1cccc(CN[C@H](Cn2cncn2)c2ccccc2)c1C. The van der Waals surface area contributed by atoms with Gasteiger partial charge in [0.25, 0.3) is 0 Å². The Morgan fingerprint density at radius 1 is 1.04 bits per heavy atom. The minimum Gasteiger partial charge on any atom is -0.304 e. The predicted octanol–water partition coefficient (Wildman–Crippen LogP) is 3.43. The maximum atomic E-state index is 4.23. The number of hydrogen-bond donors (Lipinski definition) is 1. The van der Waals surface area contributed by atoms with Gasteiger partial charge in [-0.25, -0.2) is 4.98 Å². The van der Waals surface area contributed by atoms with Gasteiger partial charge in [0, 0.05) is 6.54 Å². The quantitative estimate of drug-likeness (QED) is 0.759. The molecule has 1 atom stereocenters. The summed E-state index contributed by atoms with van der Waals surface area (Å²) >= 11 is 0. The molecule has 4 nitrogen and oxygen atoms in total. The van der Waals surface area contributed by atoms with Crippen LogP contribution in [0.25, 0.3) is 0 Å². The van der Waals surface area contributed by atoms with Crippen molar-refractivity contribution in [1.29, 1.82) is 0 Å². The van der Waals surface area contributed by atoms with Crippen LogP contribution in [-0.4, -0.2) is 14.8 Å². The van der Waals surface area contributed by atoms with E-state index in [0.717, 1.165) is 13.1 Å². The van der Waals surface area contributed by atoms with Crippen LogP contribution >= 0.6 is 0 Å². The molecule has 118 valence electrons. The van der Waals surface area contributed by atoms with Gasteiger partial charge in [-0.1, -0.05) is 48.5 Å². The van der Waals surface area contributed by atoms with E-state index in [1.807, 2.05) is 10.7 Å². The summed E-state index contributed by atoms with van der Waals surface area (Å²) < 4.78 is 1.87. The van der Waals surface area contributed by atoms with E-state index < -0.39 is 0 Å². The third-order valence-corrected chi connectivity index (χ3v) is 4.29. The number of nitrogens with one attached hydrogen (secondary N) is 1. The minimum atomic E-state index is 0.192. The highest BCUT2D eigenvalue weighted by molar-refractivity contribution is 5.33. The van der Waals surface area contributed by atoms with Crippen LogP contribution in [0.5, 0.6) is 0 Å². The minimum absolute atomic E-state index is 0.192. The third-order valence-electron chi connectivity index (χ3n) is 4.29. The summed E-state index contributed by atoms with van der Waals surface area (Å²) in [5.74, 6) is 0. The summed E-state index contributed by atoms with van der Waals surface area (Å²) in [4.78, 5) is 4.04. The fourth-order valence-corrected chi connectivity index (χ4v) is 2.72. The van der Waals surface area contributed by atoms with Gasteiger partial charge in [-0.3, -0.25) is 4.68 Å². The van der Waals surface area contributed by atoms with Gasteiger partial charge in [-0.2, -0.15) is 5.10 Å². The molecule has 0 radical (unpaired) electrons. The number of nitrogens with zero attached hydrogens (tertiary/aromatic N) is 3. The Bertz CT molecular complexity index is 735. The predicted molar refractivity (Wildman–Crippen MR) is 92.0 cm³/mol. The maximum absolute atomic E-state index is 4.23. The summed E-state index contributed by atoms with van der Waals surface area (Å²) in [6.07, 6.45) is 3.34. The molecule has 4 heteroatoms. The van der Waals surface area contributed by atoms with Crippen molar-refractivity contribution in [1.82, 2.24) is 20.1 Å². The number of benzene rings is 2. The second-order valence-corrected chi connectivity index (χ2v) is 5.82. The van der Waals surface area contributed by atoms with E-state index in [-0.39, 0.29) is 6.04 Å². The first-order valence-electron chi connectivity index (χ1n) is 7.90. The van der Waals surface area contributed by atoms with Crippen LogP contribution in [-0.2, 0) is 13.1 Å². The van der Waals surface area contributed by atoms with Gasteiger partial charge in [0.15, 0.2) is 0 Å². The largest absolute Gasteiger partial charge is 0.304 e. The lowest BCUT2D eigenvalue weighted by Gasteiger charge is -2.20. The Morgan fingerprint density at radius 2 is 1.87 bits per heavy atom. The topological polar surface area (TPSA) is 42.7 Å². The smallest absolute Gasteiger partial charge is 0.137 e. The van der Waals surface area contributed by atoms with Crippen LogP contribution in [0.3, 0.4) is 0 Å². The Balaban J connectivity index is 1.77. The van der Waals surface area contributed by atoms with Crippen molar-refractivity contribution in [3.8, 4) is 0 Å². The molecule has 0 fully saturated rings. The highest BCUT2D eigenvalue weighted by Gasteiger charge is 2.13. The molecule has 23 heavy (non-hydrogen) atoms. The Labute approximate surface area is 137 Å². The number of aromatic nitrogens is 3. The van der Waals surface area contributed by atoms with Crippen LogP contribution in [0.2, 0.25) is 0 Å². The highest BCUT2D eigenvalue weighted by atomic mass is 15.3. The summed E-state index contributed by atoms with van der Waals surface area (Å²) in [5, 5.41) is 7.90. The van der Waals surface area contributed by atoms with Gasteiger partial charge in [0.05, 0.1) is 12.6 Å². The zero-order valence-electron chi connectivity index (χ0n) is 13.6. The molecule has 0 amide bonds. The van der Waals surface area contributed by atoms with Gasteiger partial charge < -0.3 is 5.32 Å². The standard InChI is InChI=1S/C19H22N4/c1-15-7-6-10-18(16(15)2)11-21-19(12-23-14-20-13-22-23)17-8-4-3-5-9-17/h3-10,13-14,19,21H,11-12H2,1-2H3/t19-/m1/s1. The van der Waals surface area contributed by atoms with E-state index in [9.17, 15) is 0 Å². The lowest BCUT2D eigenvalue weighted by molar-refractivity contribution is 0.436. The van der Waals surface area contributed by atoms with Crippen LogP contribution in [0, 0.1) is 13.8 Å². The summed E-state index contributed by atoms with van der Waals surface area (Å²) in [7, 11) is 0. The van der Waals surface area contributed by atoms with E-state index in [1.165, 1.54) is 22.3 Å². The zero-order valence-corrected chi connectivity index (χ0v) is 13.6. The Kier molecular flexibility index (Phi) is 4.83. The summed E-state index contributed by atoms with van der Waals surface area (Å²) in [5.41, 5.74) is 5.28. The molecular weight excluding hydrogens is 284 g/mol. The Hall–Kier alpha value is -2.46. The number of aryl methyl sites for hydroxylation is 1. The molecule has 0 saturated heterocycles. The maximum Gasteiger partial charge on any atom is 0.137 e. The van der Waals surface area contributed by atoms with Crippen LogP contribution in [0.15, 0.2) is 61.2 Å². The van der Waals surface area contributed by atoms with Crippen molar-refractivity contribution in [3.63, 3.8) is 0 Å². The van der Waals surface area contributed by atoms with Gasteiger partial charge in [0.1, 0.15) is 12.7 Å². The molecular formula is C19H22N4. The van der Waals surface area contributed by atoms with Crippen LogP contribution in [0.1, 0.15) is 28.3 Å². The van der Waals surface area contributed by atoms with Gasteiger partial charge in [0.2, 0.25) is 0 Å². The molecule has 0 aliphatic carbocycles. The zero-order chi connectivity index (χ0) is 16.1. The van der Waals surface area contributed by atoms with Gasteiger partial charge in [-0.15, -0.1) is 0 Å². The molecule has 2 aromatic carbocycles. The molecule has 0 aliphatic rings. The molecule has 0 bridgehead atoms.